The van der Waals surface area contributed by atoms with Crippen LogP contribution in [0.25, 0.3) is 11.3 Å². The quantitative estimate of drug-likeness (QED) is 0.905. The number of aromatic hydroxyl groups is 1. The highest BCUT2D eigenvalue weighted by atomic mass is 16.3. The van der Waals surface area contributed by atoms with Gasteiger partial charge in [-0.25, -0.2) is 0 Å². The van der Waals surface area contributed by atoms with Crippen molar-refractivity contribution in [3.63, 3.8) is 0 Å². The first-order valence-corrected chi connectivity index (χ1v) is 7.54. The first-order valence-electron chi connectivity index (χ1n) is 7.54. The summed E-state index contributed by atoms with van der Waals surface area (Å²) in [7, 11) is 0. The molecule has 1 aromatic heterocycles. The van der Waals surface area contributed by atoms with Crippen LogP contribution in [0.2, 0.25) is 0 Å². The van der Waals surface area contributed by atoms with E-state index < -0.39 is 0 Å². The van der Waals surface area contributed by atoms with Crippen molar-refractivity contribution in [3.05, 3.63) is 30.0 Å². The van der Waals surface area contributed by atoms with Crippen LogP contribution < -0.4 is 4.90 Å². The van der Waals surface area contributed by atoms with Gasteiger partial charge in [-0.15, -0.1) is 0 Å². The number of benzene rings is 1. The number of nitrogens with zero attached hydrogens (tertiary/aromatic N) is 3. The Balaban J connectivity index is 1.90. The van der Waals surface area contributed by atoms with E-state index in [4.69, 9.17) is 5.10 Å². The minimum Gasteiger partial charge on any atom is -0.508 e. The van der Waals surface area contributed by atoms with Gasteiger partial charge in [-0.2, -0.15) is 5.10 Å². The van der Waals surface area contributed by atoms with Gasteiger partial charge in [0.15, 0.2) is 0 Å². The molecule has 5 nitrogen and oxygen atoms in total. The molecule has 21 heavy (non-hydrogen) atoms. The maximum absolute atomic E-state index is 9.50. The molecule has 0 amide bonds. The van der Waals surface area contributed by atoms with Crippen LogP contribution in [-0.4, -0.2) is 39.7 Å². The third-order valence-electron chi connectivity index (χ3n) is 4.60. The zero-order valence-corrected chi connectivity index (χ0v) is 11.9. The number of anilines is 1. The van der Waals surface area contributed by atoms with E-state index in [-0.39, 0.29) is 12.4 Å². The molecule has 5 heteroatoms. The van der Waals surface area contributed by atoms with Crippen LogP contribution in [0.15, 0.2) is 24.3 Å². The SMILES string of the molecule is OCCn1nc2c(c1-c1ccc(O)cc1)N1CCC2CC1. The molecule has 3 aliphatic heterocycles. The first-order chi connectivity index (χ1) is 10.3. The fourth-order valence-corrected chi connectivity index (χ4v) is 3.60. The fourth-order valence-electron chi connectivity index (χ4n) is 3.60. The fraction of sp³-hybridized carbons (Fsp3) is 0.438. The number of hydrogen-bond acceptors (Lipinski definition) is 4. The molecule has 0 aliphatic carbocycles. The smallest absolute Gasteiger partial charge is 0.115 e. The lowest BCUT2D eigenvalue weighted by Gasteiger charge is -2.39. The predicted molar refractivity (Wildman–Crippen MR) is 80.6 cm³/mol. The number of fused-ring (bicyclic) bond motifs is 2. The molecular formula is C16H19N3O2. The number of hydrogen-bond donors (Lipinski definition) is 2. The number of rotatable bonds is 3. The number of aliphatic hydroxyl groups is 1. The van der Waals surface area contributed by atoms with Crippen molar-refractivity contribution in [2.75, 3.05) is 24.6 Å². The van der Waals surface area contributed by atoms with Gasteiger partial charge < -0.3 is 15.1 Å². The van der Waals surface area contributed by atoms with Gasteiger partial charge in [0, 0.05) is 24.6 Å². The number of phenolic OH excluding ortho intramolecular Hbond substituents is 1. The molecular weight excluding hydrogens is 266 g/mol. The summed E-state index contributed by atoms with van der Waals surface area (Å²) < 4.78 is 1.92. The molecule has 4 heterocycles. The summed E-state index contributed by atoms with van der Waals surface area (Å²) >= 11 is 0. The Kier molecular flexibility index (Phi) is 2.89. The van der Waals surface area contributed by atoms with E-state index in [9.17, 15) is 10.2 Å². The van der Waals surface area contributed by atoms with E-state index in [0.717, 1.165) is 24.3 Å². The van der Waals surface area contributed by atoms with Gasteiger partial charge in [0.2, 0.25) is 0 Å². The predicted octanol–water partition coefficient (Wildman–Crippen LogP) is 1.95. The maximum atomic E-state index is 9.50. The molecule has 0 saturated carbocycles. The molecule has 0 atom stereocenters. The third-order valence-corrected chi connectivity index (χ3v) is 4.60. The lowest BCUT2D eigenvalue weighted by Crippen LogP contribution is -2.38. The molecule has 2 bridgehead atoms. The van der Waals surface area contributed by atoms with Gasteiger partial charge >= 0.3 is 0 Å². The highest BCUT2D eigenvalue weighted by molar-refractivity contribution is 5.80. The zero-order valence-electron chi connectivity index (χ0n) is 11.9. The summed E-state index contributed by atoms with van der Waals surface area (Å²) in [5, 5.41) is 23.6. The number of phenols is 1. The van der Waals surface area contributed by atoms with Crippen LogP contribution in [0.3, 0.4) is 0 Å². The number of piperidine rings is 1. The Hall–Kier alpha value is -2.01. The lowest BCUT2D eigenvalue weighted by molar-refractivity contribution is 0.269. The molecule has 5 rings (SSSR count). The first kappa shape index (κ1) is 12.7. The number of aliphatic hydroxyl groups excluding tert-OH is 1. The van der Waals surface area contributed by atoms with E-state index in [1.165, 1.54) is 24.2 Å². The van der Waals surface area contributed by atoms with Gasteiger partial charge in [-0.1, -0.05) is 0 Å². The van der Waals surface area contributed by atoms with Crippen molar-refractivity contribution < 1.29 is 10.2 Å². The van der Waals surface area contributed by atoms with Gasteiger partial charge in [0.05, 0.1) is 30.2 Å². The van der Waals surface area contributed by atoms with Crippen LogP contribution in [-0.2, 0) is 6.54 Å². The summed E-state index contributed by atoms with van der Waals surface area (Å²) in [6, 6.07) is 7.25. The summed E-state index contributed by atoms with van der Waals surface area (Å²) in [6.45, 7) is 2.77. The summed E-state index contributed by atoms with van der Waals surface area (Å²) in [5.74, 6) is 0.823. The Bertz CT molecular complexity index is 655. The highest BCUT2D eigenvalue weighted by Gasteiger charge is 2.36. The Morgan fingerprint density at radius 3 is 2.52 bits per heavy atom. The maximum Gasteiger partial charge on any atom is 0.115 e. The molecule has 2 aromatic rings. The van der Waals surface area contributed by atoms with Gasteiger partial charge in [-0.3, -0.25) is 4.68 Å². The summed E-state index contributed by atoms with van der Waals surface area (Å²) in [4.78, 5) is 2.42. The van der Waals surface area contributed by atoms with Crippen LogP contribution in [0.4, 0.5) is 5.69 Å². The third kappa shape index (κ3) is 1.92. The minimum atomic E-state index is 0.0797. The molecule has 2 N–H and O–H groups in total. The molecule has 0 radical (unpaired) electrons. The standard InChI is InChI=1S/C16H19N3O2/c20-10-9-19-15(12-1-3-13(21)4-2-12)16-14(17-19)11-5-7-18(16)8-6-11/h1-4,11,20-21H,5-10H2. The van der Waals surface area contributed by atoms with E-state index in [1.54, 1.807) is 12.1 Å². The molecule has 1 fully saturated rings. The molecule has 3 aliphatic rings. The monoisotopic (exact) mass is 285 g/mol. The molecule has 0 unspecified atom stereocenters. The van der Waals surface area contributed by atoms with Crippen LogP contribution in [0.1, 0.15) is 24.5 Å². The number of aromatic nitrogens is 2. The average molecular weight is 285 g/mol. The van der Waals surface area contributed by atoms with Crippen molar-refractivity contribution in [2.45, 2.75) is 25.3 Å². The highest BCUT2D eigenvalue weighted by Crippen LogP contribution is 2.46. The summed E-state index contributed by atoms with van der Waals surface area (Å²) in [6.07, 6.45) is 2.36. The second-order valence-corrected chi connectivity index (χ2v) is 5.84. The van der Waals surface area contributed by atoms with Crippen molar-refractivity contribution in [1.82, 2.24) is 9.78 Å². The Labute approximate surface area is 123 Å². The second-order valence-electron chi connectivity index (χ2n) is 5.84. The van der Waals surface area contributed by atoms with E-state index >= 15 is 0 Å². The largest absolute Gasteiger partial charge is 0.508 e. The van der Waals surface area contributed by atoms with Crippen LogP contribution >= 0.6 is 0 Å². The van der Waals surface area contributed by atoms with Gasteiger partial charge in [0.1, 0.15) is 5.75 Å². The van der Waals surface area contributed by atoms with Crippen LogP contribution in [0, 0.1) is 0 Å². The Morgan fingerprint density at radius 2 is 1.86 bits per heavy atom. The van der Waals surface area contributed by atoms with Gasteiger partial charge in [0.25, 0.3) is 0 Å². The normalized spacial score (nSPS) is 17.3. The summed E-state index contributed by atoms with van der Waals surface area (Å²) in [5.41, 5.74) is 4.53. The van der Waals surface area contributed by atoms with E-state index in [0.29, 0.717) is 12.5 Å². The topological polar surface area (TPSA) is 61.5 Å². The minimum absolute atomic E-state index is 0.0797. The molecule has 110 valence electrons. The van der Waals surface area contributed by atoms with Crippen molar-refractivity contribution in [1.29, 1.82) is 0 Å². The lowest BCUT2D eigenvalue weighted by atomic mass is 9.86. The zero-order chi connectivity index (χ0) is 14.4. The van der Waals surface area contributed by atoms with E-state index in [2.05, 4.69) is 4.90 Å². The second kappa shape index (κ2) is 4.77. The van der Waals surface area contributed by atoms with Crippen molar-refractivity contribution in [3.8, 4) is 17.0 Å². The average Bonchev–Trinajstić information content (AvgIpc) is 2.91. The van der Waals surface area contributed by atoms with Crippen molar-refractivity contribution >= 4 is 5.69 Å². The van der Waals surface area contributed by atoms with Gasteiger partial charge in [-0.05, 0) is 37.1 Å². The van der Waals surface area contributed by atoms with E-state index in [1.807, 2.05) is 16.8 Å². The Morgan fingerprint density at radius 1 is 1.14 bits per heavy atom. The van der Waals surface area contributed by atoms with Crippen molar-refractivity contribution in [2.24, 2.45) is 0 Å². The molecule has 1 aromatic carbocycles. The molecule has 0 spiro atoms. The van der Waals surface area contributed by atoms with Crippen LogP contribution in [0.5, 0.6) is 5.75 Å². The molecule has 1 saturated heterocycles.